The van der Waals surface area contributed by atoms with E-state index in [9.17, 15) is 9.59 Å². The number of para-hydroxylation sites is 2. The molecule has 0 aliphatic carbocycles. The fourth-order valence-electron chi connectivity index (χ4n) is 2.54. The Morgan fingerprint density at radius 1 is 1.48 bits per heavy atom. The van der Waals surface area contributed by atoms with E-state index in [1.165, 1.54) is 4.90 Å². The SMILES string of the molecule is C[C@H](C#N)CN(C)C(=O)CCN1C(=O)[C@H](C)Oc2ccccc21. The normalized spacial score (nSPS) is 17.7. The number of anilines is 1. The van der Waals surface area contributed by atoms with Crippen LogP contribution in [0.2, 0.25) is 0 Å². The molecule has 0 saturated heterocycles. The van der Waals surface area contributed by atoms with E-state index in [0.717, 1.165) is 0 Å². The summed E-state index contributed by atoms with van der Waals surface area (Å²) in [7, 11) is 1.67. The Kier molecular flexibility index (Phi) is 5.22. The van der Waals surface area contributed by atoms with Gasteiger partial charge >= 0.3 is 0 Å². The van der Waals surface area contributed by atoms with Gasteiger partial charge in [-0.05, 0) is 26.0 Å². The molecule has 0 saturated carbocycles. The highest BCUT2D eigenvalue weighted by molar-refractivity contribution is 6.00. The Labute approximate surface area is 136 Å². The summed E-state index contributed by atoms with van der Waals surface area (Å²) < 4.78 is 5.57. The molecule has 0 aromatic heterocycles. The van der Waals surface area contributed by atoms with Gasteiger partial charge in [-0.3, -0.25) is 9.59 Å². The van der Waals surface area contributed by atoms with Gasteiger partial charge in [-0.1, -0.05) is 12.1 Å². The number of rotatable bonds is 5. The number of hydrogen-bond donors (Lipinski definition) is 0. The summed E-state index contributed by atoms with van der Waals surface area (Å²) >= 11 is 0. The quantitative estimate of drug-likeness (QED) is 0.830. The maximum atomic E-state index is 12.3. The predicted octanol–water partition coefficient (Wildman–Crippen LogP) is 1.81. The van der Waals surface area contributed by atoms with Crippen LogP contribution in [0.1, 0.15) is 20.3 Å². The summed E-state index contributed by atoms with van der Waals surface area (Å²) in [6.07, 6.45) is -0.349. The van der Waals surface area contributed by atoms with E-state index in [4.69, 9.17) is 10.00 Å². The minimum absolute atomic E-state index is 0.0865. The summed E-state index contributed by atoms with van der Waals surface area (Å²) in [5.41, 5.74) is 0.691. The molecule has 6 heteroatoms. The van der Waals surface area contributed by atoms with Crippen LogP contribution in [-0.2, 0) is 9.59 Å². The van der Waals surface area contributed by atoms with Crippen molar-refractivity contribution in [1.82, 2.24) is 4.90 Å². The smallest absolute Gasteiger partial charge is 0.267 e. The lowest BCUT2D eigenvalue weighted by molar-refractivity contribution is -0.130. The fourth-order valence-corrected chi connectivity index (χ4v) is 2.54. The average Bonchev–Trinajstić information content (AvgIpc) is 2.54. The van der Waals surface area contributed by atoms with Crippen molar-refractivity contribution in [1.29, 1.82) is 5.26 Å². The number of nitriles is 1. The third-order valence-electron chi connectivity index (χ3n) is 3.82. The van der Waals surface area contributed by atoms with E-state index >= 15 is 0 Å². The Bertz CT molecular complexity index is 638. The van der Waals surface area contributed by atoms with Gasteiger partial charge in [-0.25, -0.2) is 0 Å². The molecule has 122 valence electrons. The van der Waals surface area contributed by atoms with Crippen LogP contribution in [0, 0.1) is 17.2 Å². The van der Waals surface area contributed by atoms with Gasteiger partial charge in [0.1, 0.15) is 5.75 Å². The maximum absolute atomic E-state index is 12.3. The number of benzene rings is 1. The first-order valence-electron chi connectivity index (χ1n) is 7.64. The molecule has 1 aromatic rings. The van der Waals surface area contributed by atoms with Crippen LogP contribution in [-0.4, -0.2) is 43.0 Å². The summed E-state index contributed by atoms with van der Waals surface area (Å²) in [5, 5.41) is 8.82. The van der Waals surface area contributed by atoms with E-state index in [0.29, 0.717) is 24.5 Å². The first-order valence-corrected chi connectivity index (χ1v) is 7.64. The van der Waals surface area contributed by atoms with Crippen molar-refractivity contribution in [3.8, 4) is 11.8 Å². The van der Waals surface area contributed by atoms with Crippen LogP contribution in [0.3, 0.4) is 0 Å². The van der Waals surface area contributed by atoms with Crippen LogP contribution >= 0.6 is 0 Å². The number of ether oxygens (including phenoxy) is 1. The number of fused-ring (bicyclic) bond motifs is 1. The lowest BCUT2D eigenvalue weighted by Crippen LogP contribution is -2.46. The van der Waals surface area contributed by atoms with E-state index < -0.39 is 6.10 Å². The highest BCUT2D eigenvalue weighted by atomic mass is 16.5. The third kappa shape index (κ3) is 3.81. The number of carbonyl (C=O) groups excluding carboxylic acids is 2. The minimum atomic E-state index is -0.559. The molecule has 2 amide bonds. The monoisotopic (exact) mass is 315 g/mol. The van der Waals surface area contributed by atoms with E-state index in [1.807, 2.05) is 24.3 Å². The molecule has 1 heterocycles. The predicted molar refractivity (Wildman–Crippen MR) is 85.9 cm³/mol. The van der Waals surface area contributed by atoms with E-state index in [1.54, 1.807) is 25.8 Å². The molecule has 1 aliphatic heterocycles. The van der Waals surface area contributed by atoms with Gasteiger partial charge in [-0.2, -0.15) is 5.26 Å². The lowest BCUT2D eigenvalue weighted by atomic mass is 10.1. The number of hydrogen-bond acceptors (Lipinski definition) is 4. The molecule has 2 atom stereocenters. The van der Waals surface area contributed by atoms with Crippen LogP contribution in [0.25, 0.3) is 0 Å². The summed E-state index contributed by atoms with van der Waals surface area (Å²) in [5.74, 6) is 0.203. The number of carbonyl (C=O) groups is 2. The molecule has 6 nitrogen and oxygen atoms in total. The van der Waals surface area contributed by atoms with Crippen molar-refractivity contribution in [2.45, 2.75) is 26.4 Å². The third-order valence-corrected chi connectivity index (χ3v) is 3.82. The van der Waals surface area contributed by atoms with Gasteiger partial charge < -0.3 is 14.5 Å². The van der Waals surface area contributed by atoms with Crippen molar-refractivity contribution in [2.24, 2.45) is 5.92 Å². The number of amides is 2. The molecular formula is C17H21N3O3. The van der Waals surface area contributed by atoms with Crippen LogP contribution in [0.5, 0.6) is 5.75 Å². The zero-order chi connectivity index (χ0) is 17.0. The Hall–Kier alpha value is -2.55. The molecule has 1 aliphatic rings. The van der Waals surface area contributed by atoms with E-state index in [2.05, 4.69) is 6.07 Å². The van der Waals surface area contributed by atoms with Crippen molar-refractivity contribution < 1.29 is 14.3 Å². The zero-order valence-electron chi connectivity index (χ0n) is 13.7. The standard InChI is InChI=1S/C17H21N3O3/c1-12(10-18)11-19(3)16(21)8-9-20-14-6-4-5-7-15(14)23-13(2)17(20)22/h4-7,12-13H,8-9,11H2,1-3H3/t12-,13+/m1/s1. The topological polar surface area (TPSA) is 73.6 Å². The second-order valence-electron chi connectivity index (χ2n) is 5.77. The van der Waals surface area contributed by atoms with Crippen molar-refractivity contribution in [2.75, 3.05) is 25.0 Å². The Morgan fingerprint density at radius 3 is 2.87 bits per heavy atom. The second kappa shape index (κ2) is 7.14. The van der Waals surface area contributed by atoms with Crippen LogP contribution in [0.4, 0.5) is 5.69 Å². The zero-order valence-corrected chi connectivity index (χ0v) is 13.7. The molecule has 0 unspecified atom stereocenters. The molecular weight excluding hydrogens is 294 g/mol. The molecule has 2 rings (SSSR count). The number of nitrogens with zero attached hydrogens (tertiary/aromatic N) is 3. The minimum Gasteiger partial charge on any atom is -0.479 e. The van der Waals surface area contributed by atoms with Crippen molar-refractivity contribution >= 4 is 17.5 Å². The maximum Gasteiger partial charge on any atom is 0.267 e. The molecule has 1 aromatic carbocycles. The molecule has 23 heavy (non-hydrogen) atoms. The largest absolute Gasteiger partial charge is 0.479 e. The summed E-state index contributed by atoms with van der Waals surface area (Å²) in [6, 6.07) is 9.41. The van der Waals surface area contributed by atoms with Gasteiger partial charge in [0, 0.05) is 26.6 Å². The highest BCUT2D eigenvalue weighted by Crippen LogP contribution is 2.33. The first-order chi connectivity index (χ1) is 10.9. The average molecular weight is 315 g/mol. The molecule has 0 spiro atoms. The van der Waals surface area contributed by atoms with Gasteiger partial charge in [0.25, 0.3) is 5.91 Å². The Balaban J connectivity index is 2.04. The van der Waals surface area contributed by atoms with Gasteiger partial charge in [0.15, 0.2) is 6.10 Å². The molecule has 0 N–H and O–H groups in total. The van der Waals surface area contributed by atoms with Gasteiger partial charge in [0.05, 0.1) is 17.7 Å². The Morgan fingerprint density at radius 2 is 2.17 bits per heavy atom. The second-order valence-corrected chi connectivity index (χ2v) is 5.77. The van der Waals surface area contributed by atoms with Gasteiger partial charge in [0.2, 0.25) is 5.91 Å². The van der Waals surface area contributed by atoms with Crippen molar-refractivity contribution in [3.05, 3.63) is 24.3 Å². The first kappa shape index (κ1) is 16.8. The summed E-state index contributed by atoms with van der Waals surface area (Å²) in [6.45, 7) is 4.16. The summed E-state index contributed by atoms with van der Waals surface area (Å²) in [4.78, 5) is 27.6. The highest BCUT2D eigenvalue weighted by Gasteiger charge is 2.31. The molecule has 0 bridgehead atoms. The van der Waals surface area contributed by atoms with Crippen LogP contribution in [0.15, 0.2) is 24.3 Å². The van der Waals surface area contributed by atoms with Crippen LogP contribution < -0.4 is 9.64 Å². The van der Waals surface area contributed by atoms with Gasteiger partial charge in [-0.15, -0.1) is 0 Å². The van der Waals surface area contributed by atoms with E-state index in [-0.39, 0.29) is 24.2 Å². The molecule has 0 radical (unpaired) electrons. The van der Waals surface area contributed by atoms with Crippen molar-refractivity contribution in [3.63, 3.8) is 0 Å². The fraction of sp³-hybridized carbons (Fsp3) is 0.471. The lowest BCUT2D eigenvalue weighted by Gasteiger charge is -2.33. The molecule has 0 fully saturated rings.